The lowest BCUT2D eigenvalue weighted by Crippen LogP contribution is -2.53. The first kappa shape index (κ1) is 15.6. The number of ether oxygens (including phenoxy) is 1. The van der Waals surface area contributed by atoms with Crippen LogP contribution in [-0.4, -0.2) is 29.8 Å². The zero-order valence-corrected chi connectivity index (χ0v) is 13.1. The van der Waals surface area contributed by atoms with E-state index in [4.69, 9.17) is 16.3 Å². The Balaban J connectivity index is 2.11. The minimum absolute atomic E-state index is 0.0247. The lowest BCUT2D eigenvalue weighted by molar-refractivity contribution is -0.140. The predicted octanol–water partition coefficient (Wildman–Crippen LogP) is 3.60. The Morgan fingerprint density at radius 2 is 2.26 bits per heavy atom. The van der Waals surface area contributed by atoms with Crippen LogP contribution in [0, 0.1) is 5.92 Å². The van der Waals surface area contributed by atoms with Crippen LogP contribution in [-0.2, 0) is 9.53 Å². The molecular weight excluding hydrogens is 318 g/mol. The van der Waals surface area contributed by atoms with E-state index in [-0.39, 0.29) is 18.4 Å². The smallest absolute Gasteiger partial charge is 0.415 e. The topological polar surface area (TPSA) is 66.8 Å². The van der Waals surface area contributed by atoms with Gasteiger partial charge in [0, 0.05) is 16.9 Å². The minimum atomic E-state index is -1.04. The van der Waals surface area contributed by atoms with Gasteiger partial charge in [-0.2, -0.15) is 0 Å². The Bertz CT molecular complexity index is 700. The molecule has 0 fully saturated rings. The highest BCUT2D eigenvalue weighted by Gasteiger charge is 2.48. The summed E-state index contributed by atoms with van der Waals surface area (Å²) in [5.41, 5.74) is 1.38. The quantitative estimate of drug-likeness (QED) is 0.858. The van der Waals surface area contributed by atoms with Crippen LogP contribution in [0.25, 0.3) is 0 Å². The van der Waals surface area contributed by atoms with Crippen molar-refractivity contribution >= 4 is 29.4 Å². The average molecular weight is 334 g/mol. The number of allylic oxidation sites excluding steroid dienone is 2. The second kappa shape index (κ2) is 6.08. The predicted molar refractivity (Wildman–Crippen MR) is 86.9 cm³/mol. The number of nitrogens with zero attached hydrogens (tertiary/aromatic N) is 1. The molecule has 0 saturated carbocycles. The summed E-state index contributed by atoms with van der Waals surface area (Å²) in [6.07, 6.45) is 5.29. The summed E-state index contributed by atoms with van der Waals surface area (Å²) in [5.74, 6) is -1.33. The Hall–Kier alpha value is -2.27. The van der Waals surface area contributed by atoms with Gasteiger partial charge in [-0.25, -0.2) is 9.59 Å². The molecule has 1 aliphatic heterocycles. The van der Waals surface area contributed by atoms with Crippen LogP contribution < -0.4 is 4.90 Å². The van der Waals surface area contributed by atoms with Crippen molar-refractivity contribution in [3.63, 3.8) is 0 Å². The number of hydrogen-bond acceptors (Lipinski definition) is 3. The maximum Gasteiger partial charge on any atom is 0.415 e. The van der Waals surface area contributed by atoms with Crippen molar-refractivity contribution in [1.29, 1.82) is 0 Å². The van der Waals surface area contributed by atoms with E-state index >= 15 is 0 Å². The fourth-order valence-corrected chi connectivity index (χ4v) is 3.57. The first-order chi connectivity index (χ1) is 11.0. The van der Waals surface area contributed by atoms with Gasteiger partial charge in [-0.05, 0) is 30.2 Å². The van der Waals surface area contributed by atoms with E-state index in [1.165, 1.54) is 11.0 Å². The van der Waals surface area contributed by atoms with E-state index in [9.17, 15) is 14.7 Å². The van der Waals surface area contributed by atoms with Gasteiger partial charge >= 0.3 is 12.1 Å². The number of carbonyl (C=O) groups excluding carboxylic acids is 1. The zero-order valence-electron chi connectivity index (χ0n) is 12.3. The fraction of sp³-hybridized carbons (Fsp3) is 0.294. The third kappa shape index (κ3) is 2.61. The molecule has 0 unspecified atom stereocenters. The van der Waals surface area contributed by atoms with Crippen LogP contribution in [0.3, 0.4) is 0 Å². The number of fused-ring (bicyclic) bond motifs is 3. The van der Waals surface area contributed by atoms with Gasteiger partial charge in [-0.15, -0.1) is 0 Å². The second-order valence-electron chi connectivity index (χ2n) is 5.58. The van der Waals surface area contributed by atoms with Crippen LogP contribution in [0.1, 0.15) is 17.9 Å². The van der Waals surface area contributed by atoms with Crippen molar-refractivity contribution in [2.45, 2.75) is 18.4 Å². The van der Waals surface area contributed by atoms with E-state index in [0.29, 0.717) is 17.1 Å². The number of aliphatic carboxylic acids is 1. The molecule has 1 aliphatic carbocycles. The second-order valence-corrected chi connectivity index (χ2v) is 6.01. The summed E-state index contributed by atoms with van der Waals surface area (Å²) in [5, 5.41) is 10.2. The van der Waals surface area contributed by atoms with Crippen LogP contribution in [0.5, 0.6) is 0 Å². The van der Waals surface area contributed by atoms with Gasteiger partial charge < -0.3 is 9.84 Å². The minimum Gasteiger partial charge on any atom is -0.480 e. The van der Waals surface area contributed by atoms with E-state index < -0.39 is 18.1 Å². The third-order valence-corrected chi connectivity index (χ3v) is 4.51. The van der Waals surface area contributed by atoms with Crippen LogP contribution in [0.4, 0.5) is 10.5 Å². The van der Waals surface area contributed by atoms with E-state index in [2.05, 4.69) is 6.58 Å². The molecule has 0 radical (unpaired) electrons. The molecule has 1 amide bonds. The average Bonchev–Trinajstić information content (AvgIpc) is 3.00. The fourth-order valence-electron chi connectivity index (χ4n) is 3.39. The molecule has 1 N–H and O–H groups in total. The molecule has 0 aromatic heterocycles. The summed E-state index contributed by atoms with van der Waals surface area (Å²) in [6.45, 7) is 3.53. The number of halogens is 1. The molecule has 0 spiro atoms. The van der Waals surface area contributed by atoms with Crippen molar-refractivity contribution in [3.05, 3.63) is 53.6 Å². The number of amides is 1. The van der Waals surface area contributed by atoms with Gasteiger partial charge in [0.25, 0.3) is 0 Å². The number of rotatable bonds is 3. The van der Waals surface area contributed by atoms with Crippen LogP contribution in [0.15, 0.2) is 43.0 Å². The molecule has 0 saturated heterocycles. The summed E-state index contributed by atoms with van der Waals surface area (Å²) in [4.78, 5) is 25.5. The molecule has 3 rings (SSSR count). The molecule has 3 atom stereocenters. The van der Waals surface area contributed by atoms with Crippen molar-refractivity contribution < 1.29 is 19.4 Å². The molecule has 1 aromatic rings. The Morgan fingerprint density at radius 3 is 2.96 bits per heavy atom. The van der Waals surface area contributed by atoms with Crippen molar-refractivity contribution in [3.8, 4) is 0 Å². The van der Waals surface area contributed by atoms with E-state index in [1.54, 1.807) is 18.2 Å². The summed E-state index contributed by atoms with van der Waals surface area (Å²) >= 11 is 6.09. The maximum atomic E-state index is 12.4. The molecular formula is C17H16ClNO4. The normalized spacial score (nSPS) is 24.7. The number of carboxylic acid groups (broad SMARTS) is 1. The van der Waals surface area contributed by atoms with Crippen molar-refractivity contribution in [2.24, 2.45) is 5.92 Å². The highest BCUT2D eigenvalue weighted by molar-refractivity contribution is 6.30. The summed E-state index contributed by atoms with van der Waals surface area (Å²) in [7, 11) is 0. The van der Waals surface area contributed by atoms with Gasteiger partial charge in [0.1, 0.15) is 12.6 Å². The molecule has 1 heterocycles. The zero-order chi connectivity index (χ0) is 16.6. The van der Waals surface area contributed by atoms with Crippen LogP contribution >= 0.6 is 11.6 Å². The standard InChI is InChI=1S/C17H16ClNO4/c1-2-8-23-17(22)19-14-7-6-10(18)9-13(14)11-4-3-5-12(11)15(19)16(20)21/h2-4,6-7,9,11-12,15H,1,5,8H2,(H,20,21)/t11-,12+,15-/m0/s1. The Labute approximate surface area is 138 Å². The number of carbonyl (C=O) groups is 2. The van der Waals surface area contributed by atoms with Crippen LogP contribution in [0.2, 0.25) is 5.02 Å². The number of carboxylic acids is 1. The van der Waals surface area contributed by atoms with Crippen molar-refractivity contribution in [2.75, 3.05) is 11.5 Å². The molecule has 1 aromatic carbocycles. The van der Waals surface area contributed by atoms with E-state index in [0.717, 1.165) is 5.56 Å². The van der Waals surface area contributed by atoms with Gasteiger partial charge in [0.2, 0.25) is 0 Å². The maximum absolute atomic E-state index is 12.4. The number of anilines is 1. The number of benzene rings is 1. The molecule has 23 heavy (non-hydrogen) atoms. The van der Waals surface area contributed by atoms with Gasteiger partial charge in [-0.3, -0.25) is 4.90 Å². The molecule has 0 bridgehead atoms. The highest BCUT2D eigenvalue weighted by atomic mass is 35.5. The third-order valence-electron chi connectivity index (χ3n) is 4.28. The monoisotopic (exact) mass is 333 g/mol. The van der Waals surface area contributed by atoms with Gasteiger partial charge in [0.05, 0.1) is 5.69 Å². The van der Waals surface area contributed by atoms with Gasteiger partial charge in [0.15, 0.2) is 0 Å². The lowest BCUT2D eigenvalue weighted by atomic mass is 9.78. The molecule has 2 aliphatic rings. The molecule has 6 heteroatoms. The molecule has 5 nitrogen and oxygen atoms in total. The Morgan fingerprint density at radius 1 is 1.48 bits per heavy atom. The SMILES string of the molecule is C=CCOC(=O)N1c2ccc(Cl)cc2[C@H]2C=CC[C@H]2[C@H]1C(=O)O. The number of hydrogen-bond donors (Lipinski definition) is 1. The van der Waals surface area contributed by atoms with Gasteiger partial charge in [-0.1, -0.05) is 36.4 Å². The first-order valence-corrected chi connectivity index (χ1v) is 7.68. The first-order valence-electron chi connectivity index (χ1n) is 7.30. The molecule has 120 valence electrons. The highest BCUT2D eigenvalue weighted by Crippen LogP contribution is 2.48. The van der Waals surface area contributed by atoms with E-state index in [1.807, 2.05) is 12.2 Å². The van der Waals surface area contributed by atoms with Crippen molar-refractivity contribution in [1.82, 2.24) is 0 Å². The Kier molecular flexibility index (Phi) is 4.13. The lowest BCUT2D eigenvalue weighted by Gasteiger charge is -2.41. The summed E-state index contributed by atoms with van der Waals surface area (Å²) in [6, 6.07) is 4.13. The largest absolute Gasteiger partial charge is 0.480 e. The summed E-state index contributed by atoms with van der Waals surface area (Å²) < 4.78 is 5.10.